The summed E-state index contributed by atoms with van der Waals surface area (Å²) in [5.41, 5.74) is 3.96. The smallest absolute Gasteiger partial charge is 0.0751 e. The molecule has 182 valence electrons. The molecule has 4 aromatic carbocycles. The van der Waals surface area contributed by atoms with Crippen LogP contribution in [0.3, 0.4) is 0 Å². The Hall–Kier alpha value is -1.31. The Bertz CT molecular complexity index is 1180. The summed E-state index contributed by atoms with van der Waals surface area (Å²) in [4.78, 5) is 0. The number of hydrogen-bond donors (Lipinski definition) is 0. The molecule has 0 fully saturated rings. The van der Waals surface area contributed by atoms with Crippen LogP contribution in [0.1, 0.15) is 22.3 Å². The highest BCUT2D eigenvalue weighted by Crippen LogP contribution is 2.30. The molecule has 0 radical (unpaired) electrons. The Morgan fingerprint density at radius 3 is 1.46 bits per heavy atom. The topological polar surface area (TPSA) is 18.5 Å². The lowest BCUT2D eigenvalue weighted by Gasteiger charge is -2.09. The van der Waals surface area contributed by atoms with E-state index in [9.17, 15) is 0 Å². The normalized spacial score (nSPS) is 10.5. The molecule has 0 atom stereocenters. The summed E-state index contributed by atoms with van der Waals surface area (Å²) < 4.78 is 12.2. The molecule has 4 aromatic rings. The lowest BCUT2D eigenvalue weighted by Crippen LogP contribution is -1.97. The van der Waals surface area contributed by atoms with Crippen molar-refractivity contribution in [3.63, 3.8) is 0 Å². The van der Waals surface area contributed by atoms with Gasteiger partial charge < -0.3 is 9.47 Å². The van der Waals surface area contributed by atoms with E-state index >= 15 is 0 Å². The van der Waals surface area contributed by atoms with Gasteiger partial charge in [-0.2, -0.15) is 0 Å². The maximum atomic E-state index is 6.21. The summed E-state index contributed by atoms with van der Waals surface area (Å²) in [6.45, 7) is 1.96. The van der Waals surface area contributed by atoms with Crippen molar-refractivity contribution in [2.24, 2.45) is 0 Å². The van der Waals surface area contributed by atoms with Crippen molar-refractivity contribution in [1.29, 1.82) is 0 Å². The molecule has 0 amide bonds. The van der Waals surface area contributed by atoms with Gasteiger partial charge in [0.2, 0.25) is 0 Å². The van der Waals surface area contributed by atoms with Crippen LogP contribution in [-0.2, 0) is 35.9 Å². The van der Waals surface area contributed by atoms with E-state index in [1.54, 1.807) is 0 Å². The molecule has 0 N–H and O–H groups in total. The number of benzene rings is 4. The Morgan fingerprint density at radius 1 is 0.486 bits per heavy atom. The Labute approximate surface area is 240 Å². The van der Waals surface area contributed by atoms with Crippen LogP contribution in [0, 0.1) is 3.57 Å². The molecule has 0 spiro atoms. The third kappa shape index (κ3) is 9.25. The third-order valence-electron chi connectivity index (χ3n) is 4.92. The molecule has 0 heterocycles. The fraction of sp³-hybridized carbons (Fsp3) is 0.143. The first-order chi connectivity index (χ1) is 17.0. The first kappa shape index (κ1) is 28.3. The largest absolute Gasteiger partial charge is 0.372 e. The highest BCUT2D eigenvalue weighted by atomic mass is 127. The van der Waals surface area contributed by atoms with Crippen molar-refractivity contribution < 1.29 is 9.47 Å². The molecule has 2 nitrogen and oxygen atoms in total. The van der Waals surface area contributed by atoms with Crippen LogP contribution in [0.4, 0.5) is 0 Å². The summed E-state index contributed by atoms with van der Waals surface area (Å²) in [6, 6.07) is 29.2. The molecule has 4 rings (SSSR count). The highest BCUT2D eigenvalue weighted by Gasteiger charge is 2.09. The van der Waals surface area contributed by atoms with E-state index < -0.39 is 0 Å². The quantitative estimate of drug-likeness (QED) is 0.138. The average Bonchev–Trinajstić information content (AvgIpc) is 2.87. The molecule has 7 heteroatoms. The molecule has 35 heavy (non-hydrogen) atoms. The van der Waals surface area contributed by atoms with Crippen LogP contribution in [0.5, 0.6) is 0 Å². The summed E-state index contributed by atoms with van der Waals surface area (Å²) in [7, 11) is 0. The van der Waals surface area contributed by atoms with Gasteiger partial charge in [0.15, 0.2) is 0 Å². The molecule has 0 aliphatic carbocycles. The van der Waals surface area contributed by atoms with Gasteiger partial charge in [0.25, 0.3) is 0 Å². The Balaban J connectivity index is 0.000000196. The van der Waals surface area contributed by atoms with Crippen molar-refractivity contribution in [2.75, 3.05) is 0 Å². The fourth-order valence-corrected chi connectivity index (χ4v) is 4.55. The third-order valence-corrected chi connectivity index (χ3v) is 7.63. The minimum atomic E-state index is 0.420. The zero-order chi connectivity index (χ0) is 25.0. The lowest BCUT2D eigenvalue weighted by molar-refractivity contribution is 0.107. The summed E-state index contributed by atoms with van der Waals surface area (Å²) >= 11 is 26.6. The average molecular weight is 660 g/mol. The van der Waals surface area contributed by atoms with Crippen LogP contribution in [-0.4, -0.2) is 0 Å². The van der Waals surface area contributed by atoms with Gasteiger partial charge in [0.1, 0.15) is 0 Å². The van der Waals surface area contributed by atoms with E-state index in [2.05, 4.69) is 22.6 Å². The summed E-state index contributed by atoms with van der Waals surface area (Å²) in [5, 5.41) is 2.61. The fourth-order valence-electron chi connectivity index (χ4n) is 3.06. The minimum Gasteiger partial charge on any atom is -0.372 e. The Kier molecular flexibility index (Phi) is 12.2. The zero-order valence-electron chi connectivity index (χ0n) is 18.7. The number of halogens is 5. The van der Waals surface area contributed by atoms with Crippen molar-refractivity contribution in [3.8, 4) is 0 Å². The second kappa shape index (κ2) is 15.1. The minimum absolute atomic E-state index is 0.420. The molecule has 0 bridgehead atoms. The Morgan fingerprint density at radius 2 is 0.943 bits per heavy atom. The van der Waals surface area contributed by atoms with E-state index in [-0.39, 0.29) is 0 Å². The molecular formula is C28H23Cl4IO2. The summed E-state index contributed by atoms with van der Waals surface area (Å²) in [5.74, 6) is 0. The van der Waals surface area contributed by atoms with Gasteiger partial charge in [-0.25, -0.2) is 0 Å². The zero-order valence-corrected chi connectivity index (χ0v) is 23.9. The van der Waals surface area contributed by atoms with Crippen LogP contribution >= 0.6 is 69.0 Å². The maximum Gasteiger partial charge on any atom is 0.0751 e. The number of ether oxygens (including phenoxy) is 2. The molecule has 0 aliphatic rings. The SMILES string of the molecule is Clc1ccc(I)c(Cl)c1COCc1ccccc1.Clc1cccc(Cl)c1COCc1ccccc1. The van der Waals surface area contributed by atoms with E-state index in [4.69, 9.17) is 55.9 Å². The van der Waals surface area contributed by atoms with Crippen molar-refractivity contribution in [1.82, 2.24) is 0 Å². The van der Waals surface area contributed by atoms with Crippen molar-refractivity contribution in [2.45, 2.75) is 26.4 Å². The van der Waals surface area contributed by atoms with E-state index in [0.29, 0.717) is 46.5 Å². The molecule has 0 saturated carbocycles. The molecular weight excluding hydrogens is 637 g/mol. The standard InChI is InChI=1S/C14H11Cl2IO.C14H12Cl2O/c15-12-6-7-13(17)14(16)11(12)9-18-8-10-4-2-1-3-5-10;15-13-7-4-8-14(16)12(13)10-17-9-11-5-2-1-3-6-11/h1-7H,8-9H2;1-8H,9-10H2. The molecule has 0 aromatic heterocycles. The van der Waals surface area contributed by atoms with Crippen LogP contribution in [0.25, 0.3) is 0 Å². The van der Waals surface area contributed by atoms with Gasteiger partial charge in [-0.05, 0) is 58.0 Å². The molecule has 0 saturated heterocycles. The number of rotatable bonds is 8. The van der Waals surface area contributed by atoms with Crippen molar-refractivity contribution >= 4 is 69.0 Å². The van der Waals surface area contributed by atoms with Crippen LogP contribution < -0.4 is 0 Å². The molecule has 0 aliphatic heterocycles. The second-order valence-corrected chi connectivity index (χ2v) is 10.2. The van der Waals surface area contributed by atoms with E-state index in [1.807, 2.05) is 91.0 Å². The maximum absolute atomic E-state index is 6.21. The lowest BCUT2D eigenvalue weighted by atomic mass is 10.2. The van der Waals surface area contributed by atoms with Gasteiger partial charge in [-0.15, -0.1) is 0 Å². The second-order valence-electron chi connectivity index (χ2n) is 7.48. The van der Waals surface area contributed by atoms with Crippen LogP contribution in [0.15, 0.2) is 91.0 Å². The predicted molar refractivity (Wildman–Crippen MR) is 156 cm³/mol. The predicted octanol–water partition coefficient (Wildman–Crippen LogP) is 10.0. The van der Waals surface area contributed by atoms with Crippen LogP contribution in [0.2, 0.25) is 20.1 Å². The highest BCUT2D eigenvalue weighted by molar-refractivity contribution is 14.1. The van der Waals surface area contributed by atoms with Gasteiger partial charge in [-0.1, -0.05) is 113 Å². The summed E-state index contributed by atoms with van der Waals surface area (Å²) in [6.07, 6.45) is 0. The van der Waals surface area contributed by atoms with Crippen molar-refractivity contribution in [3.05, 3.63) is 137 Å². The molecule has 0 unspecified atom stereocenters. The first-order valence-electron chi connectivity index (χ1n) is 10.7. The number of hydrogen-bond acceptors (Lipinski definition) is 2. The van der Waals surface area contributed by atoms with Gasteiger partial charge in [0.05, 0.1) is 31.5 Å². The van der Waals surface area contributed by atoms with Gasteiger partial charge in [-0.3, -0.25) is 0 Å². The van der Waals surface area contributed by atoms with E-state index in [0.717, 1.165) is 25.8 Å². The van der Waals surface area contributed by atoms with E-state index in [1.165, 1.54) is 0 Å². The monoisotopic (exact) mass is 658 g/mol. The van der Waals surface area contributed by atoms with Gasteiger partial charge in [0, 0.05) is 29.8 Å². The first-order valence-corrected chi connectivity index (χ1v) is 13.3. The van der Waals surface area contributed by atoms with Gasteiger partial charge >= 0.3 is 0 Å².